The van der Waals surface area contributed by atoms with E-state index in [1.54, 1.807) is 0 Å². The number of nitrogens with zero attached hydrogens (tertiary/aromatic N) is 1. The predicted molar refractivity (Wildman–Crippen MR) is 71.5 cm³/mol. The average molecular weight is 298 g/mol. The minimum atomic E-state index is -0.778. The van der Waals surface area contributed by atoms with Crippen molar-refractivity contribution in [2.24, 2.45) is 5.92 Å². The van der Waals surface area contributed by atoms with Crippen molar-refractivity contribution in [1.29, 1.82) is 0 Å². The maximum Gasteiger partial charge on any atom is 0.227 e. The molecule has 1 aromatic carbocycles. The maximum atomic E-state index is 13.2. The van der Waals surface area contributed by atoms with Gasteiger partial charge >= 0.3 is 0 Å². The third kappa shape index (κ3) is 3.75. The van der Waals surface area contributed by atoms with Gasteiger partial charge < -0.3 is 15.3 Å². The molecule has 0 spiro atoms. The monoisotopic (exact) mass is 298 g/mol. The van der Waals surface area contributed by atoms with E-state index in [-0.39, 0.29) is 37.0 Å². The van der Waals surface area contributed by atoms with Crippen LogP contribution in [0.15, 0.2) is 18.2 Å². The van der Waals surface area contributed by atoms with Crippen LogP contribution in [-0.4, -0.2) is 36.1 Å². The van der Waals surface area contributed by atoms with E-state index in [1.165, 1.54) is 11.8 Å². The molecule has 1 fully saturated rings. The number of aliphatic hydroxyl groups is 1. The lowest BCUT2D eigenvalue weighted by Gasteiger charge is -2.17. The molecule has 0 bridgehead atoms. The Morgan fingerprint density at radius 1 is 1.43 bits per heavy atom. The van der Waals surface area contributed by atoms with Gasteiger partial charge in [-0.05, 0) is 19.1 Å². The summed E-state index contributed by atoms with van der Waals surface area (Å²) in [4.78, 5) is 25.0. The molecule has 0 aromatic heterocycles. The molecule has 1 heterocycles. The van der Waals surface area contributed by atoms with Crippen molar-refractivity contribution in [3.63, 3.8) is 0 Å². The summed E-state index contributed by atoms with van der Waals surface area (Å²) in [7, 11) is 0. The molecule has 2 atom stereocenters. The molecule has 0 saturated carbocycles. The topological polar surface area (TPSA) is 69.6 Å². The normalized spacial score (nSPS) is 19.7. The highest BCUT2D eigenvalue weighted by Crippen LogP contribution is 2.26. The molecule has 1 aliphatic heterocycles. The predicted octanol–water partition coefficient (Wildman–Crippen LogP) is 0.815. The number of carbonyl (C=O) groups is 2. The largest absolute Gasteiger partial charge is 0.392 e. The first-order chi connectivity index (χ1) is 9.86. The Morgan fingerprint density at radius 3 is 2.62 bits per heavy atom. The van der Waals surface area contributed by atoms with Crippen LogP contribution in [0.2, 0.25) is 0 Å². The lowest BCUT2D eigenvalue weighted by molar-refractivity contribution is -0.126. The molecule has 2 amide bonds. The lowest BCUT2D eigenvalue weighted by atomic mass is 10.1. The highest BCUT2D eigenvalue weighted by Gasteiger charge is 2.35. The third-order valence-corrected chi connectivity index (χ3v) is 3.23. The Morgan fingerprint density at radius 2 is 2.05 bits per heavy atom. The summed E-state index contributed by atoms with van der Waals surface area (Å²) in [6.45, 7) is 1.69. The highest BCUT2D eigenvalue weighted by atomic mass is 19.1. The van der Waals surface area contributed by atoms with Crippen LogP contribution in [-0.2, 0) is 9.59 Å². The van der Waals surface area contributed by atoms with E-state index >= 15 is 0 Å². The first kappa shape index (κ1) is 15.4. The summed E-state index contributed by atoms with van der Waals surface area (Å²) in [5.41, 5.74) is 0.100. The van der Waals surface area contributed by atoms with Crippen LogP contribution in [0.1, 0.15) is 13.3 Å². The van der Waals surface area contributed by atoms with Gasteiger partial charge in [0.15, 0.2) is 0 Å². The molecule has 1 aromatic rings. The Kier molecular flexibility index (Phi) is 4.52. The van der Waals surface area contributed by atoms with E-state index in [9.17, 15) is 18.4 Å². The van der Waals surface area contributed by atoms with Crippen LogP contribution in [0.4, 0.5) is 14.5 Å². The summed E-state index contributed by atoms with van der Waals surface area (Å²) in [5, 5.41) is 11.6. The zero-order valence-corrected chi connectivity index (χ0v) is 11.5. The van der Waals surface area contributed by atoms with Crippen LogP contribution in [0.3, 0.4) is 0 Å². The quantitative estimate of drug-likeness (QED) is 0.864. The standard InChI is InChI=1S/C14H16F2N2O3/c1-8(19)6-17-14(21)9-2-13(20)18(7-9)12-4-10(15)3-11(16)5-12/h3-5,8-9,19H,2,6-7H2,1H3,(H,17,21). The fourth-order valence-electron chi connectivity index (χ4n) is 2.22. The minimum absolute atomic E-state index is 0.0240. The second-order valence-electron chi connectivity index (χ2n) is 5.13. The van der Waals surface area contributed by atoms with Gasteiger partial charge in [0.25, 0.3) is 0 Å². The molecule has 2 unspecified atom stereocenters. The second kappa shape index (κ2) is 6.17. The van der Waals surface area contributed by atoms with Gasteiger partial charge in [0.1, 0.15) is 11.6 Å². The summed E-state index contributed by atoms with van der Waals surface area (Å²) in [5.74, 6) is -2.87. The molecule has 2 N–H and O–H groups in total. The molecular weight excluding hydrogens is 282 g/mol. The zero-order valence-electron chi connectivity index (χ0n) is 11.5. The van der Waals surface area contributed by atoms with Crippen molar-refractivity contribution < 1.29 is 23.5 Å². The summed E-state index contributed by atoms with van der Waals surface area (Å²) >= 11 is 0. The van der Waals surface area contributed by atoms with E-state index in [1.807, 2.05) is 0 Å². The summed E-state index contributed by atoms with van der Waals surface area (Å²) in [6.07, 6.45) is -0.705. The van der Waals surface area contributed by atoms with E-state index in [0.29, 0.717) is 0 Å². The number of rotatable bonds is 4. The average Bonchev–Trinajstić information content (AvgIpc) is 2.77. The minimum Gasteiger partial charge on any atom is -0.392 e. The fourth-order valence-corrected chi connectivity index (χ4v) is 2.22. The van der Waals surface area contributed by atoms with E-state index < -0.39 is 23.7 Å². The van der Waals surface area contributed by atoms with Gasteiger partial charge in [-0.1, -0.05) is 0 Å². The number of anilines is 1. The van der Waals surface area contributed by atoms with E-state index in [4.69, 9.17) is 5.11 Å². The first-order valence-electron chi connectivity index (χ1n) is 6.59. The van der Waals surface area contributed by atoms with Crippen LogP contribution in [0, 0.1) is 17.6 Å². The van der Waals surface area contributed by atoms with Crippen molar-refractivity contribution in [2.45, 2.75) is 19.4 Å². The molecule has 0 aliphatic carbocycles. The lowest BCUT2D eigenvalue weighted by Crippen LogP contribution is -2.36. The van der Waals surface area contributed by atoms with Gasteiger partial charge in [0.2, 0.25) is 11.8 Å². The van der Waals surface area contributed by atoms with Crippen LogP contribution in [0.5, 0.6) is 0 Å². The van der Waals surface area contributed by atoms with Crippen molar-refractivity contribution in [3.8, 4) is 0 Å². The van der Waals surface area contributed by atoms with Crippen molar-refractivity contribution in [3.05, 3.63) is 29.8 Å². The number of hydrogen-bond donors (Lipinski definition) is 2. The van der Waals surface area contributed by atoms with Crippen molar-refractivity contribution >= 4 is 17.5 Å². The number of benzene rings is 1. The van der Waals surface area contributed by atoms with E-state index in [2.05, 4.69) is 5.32 Å². The fraction of sp³-hybridized carbons (Fsp3) is 0.429. The number of hydrogen-bond acceptors (Lipinski definition) is 3. The molecule has 21 heavy (non-hydrogen) atoms. The SMILES string of the molecule is CC(O)CNC(=O)C1CC(=O)N(c2cc(F)cc(F)c2)C1. The van der Waals surface area contributed by atoms with E-state index in [0.717, 1.165) is 18.2 Å². The Balaban J connectivity index is 2.07. The van der Waals surface area contributed by atoms with Crippen LogP contribution < -0.4 is 10.2 Å². The molecule has 0 radical (unpaired) electrons. The first-order valence-corrected chi connectivity index (χ1v) is 6.59. The van der Waals surface area contributed by atoms with Gasteiger partial charge in [-0.2, -0.15) is 0 Å². The smallest absolute Gasteiger partial charge is 0.227 e. The summed E-state index contributed by atoms with van der Waals surface area (Å²) < 4.78 is 26.4. The Labute approximate surface area is 120 Å². The van der Waals surface area contributed by atoms with Gasteiger partial charge in [-0.25, -0.2) is 8.78 Å². The van der Waals surface area contributed by atoms with Gasteiger partial charge in [0, 0.05) is 31.3 Å². The van der Waals surface area contributed by atoms with Crippen molar-refractivity contribution in [1.82, 2.24) is 5.32 Å². The van der Waals surface area contributed by atoms with Crippen LogP contribution >= 0.6 is 0 Å². The van der Waals surface area contributed by atoms with Gasteiger partial charge in [-0.3, -0.25) is 9.59 Å². The van der Waals surface area contributed by atoms with Crippen molar-refractivity contribution in [2.75, 3.05) is 18.0 Å². The summed E-state index contributed by atoms with van der Waals surface area (Å²) in [6, 6.07) is 2.82. The maximum absolute atomic E-state index is 13.2. The second-order valence-corrected chi connectivity index (χ2v) is 5.13. The molecule has 1 aliphatic rings. The molecule has 114 valence electrons. The number of carbonyl (C=O) groups excluding carboxylic acids is 2. The Hall–Kier alpha value is -2.02. The molecular formula is C14H16F2N2O3. The Bertz CT molecular complexity index is 543. The van der Waals surface area contributed by atoms with Crippen LogP contribution in [0.25, 0.3) is 0 Å². The van der Waals surface area contributed by atoms with Gasteiger partial charge in [-0.15, -0.1) is 0 Å². The highest BCUT2D eigenvalue weighted by molar-refractivity contribution is 6.00. The molecule has 5 nitrogen and oxygen atoms in total. The molecule has 1 saturated heterocycles. The number of nitrogens with one attached hydrogen (secondary N) is 1. The third-order valence-electron chi connectivity index (χ3n) is 3.23. The number of amides is 2. The number of aliphatic hydroxyl groups excluding tert-OH is 1. The molecule has 2 rings (SSSR count). The zero-order chi connectivity index (χ0) is 15.6. The number of halogens is 2. The van der Waals surface area contributed by atoms with Gasteiger partial charge in [0.05, 0.1) is 12.0 Å². The molecule has 7 heteroatoms.